The van der Waals surface area contributed by atoms with Crippen molar-refractivity contribution in [3.8, 4) is 11.5 Å². The van der Waals surface area contributed by atoms with E-state index in [1.807, 2.05) is 0 Å². The monoisotopic (exact) mass is 313 g/mol. The molecule has 0 aliphatic carbocycles. The van der Waals surface area contributed by atoms with Crippen LogP contribution in [0.25, 0.3) is 0 Å². The zero-order chi connectivity index (χ0) is 14.5. The number of alkyl halides is 1. The molecule has 1 rings (SSSR count). The maximum Gasteiger partial charge on any atom is 0.269 e. The number of thioether (sulfide) groups is 1. The third-order valence-electron chi connectivity index (χ3n) is 2.05. The smallest absolute Gasteiger partial charge is 0.258 e. The predicted molar refractivity (Wildman–Crippen MR) is 84.6 cm³/mol. The van der Waals surface area contributed by atoms with Crippen LogP contribution in [-0.4, -0.2) is 24.1 Å². The Kier molecular flexibility index (Phi) is 5.92. The molecule has 0 N–H and O–H groups in total. The molecule has 0 spiro atoms. The molecule has 0 aromatic heterocycles. The maximum absolute atomic E-state index is 10.5. The highest BCUT2D eigenvalue weighted by Gasteiger charge is 2.09. The van der Waals surface area contributed by atoms with Crippen molar-refractivity contribution in [2.45, 2.75) is 29.9 Å². The molecule has 0 aliphatic heterocycles. The van der Waals surface area contributed by atoms with E-state index < -0.39 is 13.0 Å². The molecule has 0 heterocycles. The third kappa shape index (κ3) is 6.67. The number of benzene rings is 1. The van der Waals surface area contributed by atoms with Crippen LogP contribution in [0.3, 0.4) is 0 Å². The summed E-state index contributed by atoms with van der Waals surface area (Å²) in [5.41, 5.74) is 3.34. The number of hydrogen-bond donors (Lipinski definition) is 0. The minimum atomic E-state index is -1.38. The molecule has 0 saturated carbocycles. The Hall–Kier alpha value is -0.963. The number of non-ortho nitro benzene ring substituents is 1. The second kappa shape index (κ2) is 6.99. The summed E-state index contributed by atoms with van der Waals surface area (Å²) < 4.78 is 0. The first-order chi connectivity index (χ1) is 8.78. The van der Waals surface area contributed by atoms with Gasteiger partial charge in [0.15, 0.2) is 0 Å². The summed E-state index contributed by atoms with van der Waals surface area (Å²) in [6.07, 6.45) is 0. The zero-order valence-electron chi connectivity index (χ0n) is 11.1. The van der Waals surface area contributed by atoms with E-state index in [1.165, 1.54) is 12.1 Å². The molecule has 1 aromatic rings. The molecule has 0 aliphatic rings. The van der Waals surface area contributed by atoms with Gasteiger partial charge in [0, 0.05) is 22.8 Å². The highest BCUT2D eigenvalue weighted by Crippen LogP contribution is 2.23. The Morgan fingerprint density at radius 3 is 2.42 bits per heavy atom. The van der Waals surface area contributed by atoms with E-state index in [0.29, 0.717) is 5.75 Å². The van der Waals surface area contributed by atoms with E-state index >= 15 is 0 Å². The third-order valence-corrected chi connectivity index (χ3v) is 4.49. The molecule has 0 fully saturated rings. The average Bonchev–Trinajstić information content (AvgIpc) is 2.33. The lowest BCUT2D eigenvalue weighted by molar-refractivity contribution is -0.384. The van der Waals surface area contributed by atoms with Crippen LogP contribution in [-0.2, 0) is 0 Å². The lowest BCUT2D eigenvalue weighted by Gasteiger charge is -2.06. The van der Waals surface area contributed by atoms with E-state index in [0.717, 1.165) is 4.90 Å². The van der Waals surface area contributed by atoms with Crippen LogP contribution in [0.2, 0.25) is 19.6 Å². The van der Waals surface area contributed by atoms with Crippen LogP contribution in [0.5, 0.6) is 0 Å². The van der Waals surface area contributed by atoms with Crippen molar-refractivity contribution in [1.82, 2.24) is 0 Å². The predicted octanol–water partition coefficient (Wildman–Crippen LogP) is 4.18. The highest BCUT2D eigenvalue weighted by molar-refractivity contribution is 7.99. The molecular formula is C13H16ClNO2SSi. The Labute approximate surface area is 123 Å². The second-order valence-electron chi connectivity index (χ2n) is 5.05. The lowest BCUT2D eigenvalue weighted by atomic mass is 10.3. The number of nitro groups is 1. The molecule has 1 atom stereocenters. The number of hydrogen-bond acceptors (Lipinski definition) is 3. The van der Waals surface area contributed by atoms with Gasteiger partial charge in [0.05, 0.1) is 4.92 Å². The molecule has 1 unspecified atom stereocenters. The van der Waals surface area contributed by atoms with E-state index in [-0.39, 0.29) is 11.1 Å². The van der Waals surface area contributed by atoms with Gasteiger partial charge in [-0.3, -0.25) is 10.1 Å². The van der Waals surface area contributed by atoms with Gasteiger partial charge in [0.25, 0.3) is 5.69 Å². The van der Waals surface area contributed by atoms with Gasteiger partial charge in [-0.05, 0) is 12.1 Å². The molecular weight excluding hydrogens is 298 g/mol. The van der Waals surface area contributed by atoms with Gasteiger partial charge < -0.3 is 0 Å². The highest BCUT2D eigenvalue weighted by atomic mass is 35.5. The largest absolute Gasteiger partial charge is 0.269 e. The van der Waals surface area contributed by atoms with E-state index in [1.54, 1.807) is 23.9 Å². The average molecular weight is 314 g/mol. The molecule has 19 heavy (non-hydrogen) atoms. The SMILES string of the molecule is C[Si](C)(C)C#CC(Cl)CSc1ccc([N+](=O)[O-])cc1. The van der Waals surface area contributed by atoms with Gasteiger partial charge in [0.1, 0.15) is 13.5 Å². The van der Waals surface area contributed by atoms with Gasteiger partial charge in [-0.15, -0.1) is 28.9 Å². The van der Waals surface area contributed by atoms with Crippen LogP contribution in [0.4, 0.5) is 5.69 Å². The summed E-state index contributed by atoms with van der Waals surface area (Å²) in [5.74, 6) is 3.75. The van der Waals surface area contributed by atoms with Crippen molar-refractivity contribution in [1.29, 1.82) is 0 Å². The summed E-state index contributed by atoms with van der Waals surface area (Å²) in [6.45, 7) is 6.52. The number of halogens is 1. The summed E-state index contributed by atoms with van der Waals surface area (Å²) in [7, 11) is -1.38. The Morgan fingerprint density at radius 2 is 1.95 bits per heavy atom. The summed E-state index contributed by atoms with van der Waals surface area (Å²) in [5, 5.41) is 10.3. The maximum atomic E-state index is 10.5. The fraction of sp³-hybridized carbons (Fsp3) is 0.385. The van der Waals surface area contributed by atoms with Crippen molar-refractivity contribution < 1.29 is 4.92 Å². The van der Waals surface area contributed by atoms with Gasteiger partial charge in [-0.2, -0.15) is 0 Å². The van der Waals surface area contributed by atoms with Gasteiger partial charge in [-0.25, -0.2) is 0 Å². The first-order valence-corrected chi connectivity index (χ1v) is 10.7. The molecule has 102 valence electrons. The minimum absolute atomic E-state index is 0.102. The number of nitrogens with zero attached hydrogens (tertiary/aromatic N) is 1. The van der Waals surface area contributed by atoms with Crippen LogP contribution >= 0.6 is 23.4 Å². The Bertz CT molecular complexity index is 502. The van der Waals surface area contributed by atoms with Crippen molar-refractivity contribution >= 4 is 37.1 Å². The van der Waals surface area contributed by atoms with E-state index in [9.17, 15) is 10.1 Å². The van der Waals surface area contributed by atoms with Gasteiger partial charge >= 0.3 is 0 Å². The van der Waals surface area contributed by atoms with Gasteiger partial charge in [-0.1, -0.05) is 25.6 Å². The molecule has 0 bridgehead atoms. The number of rotatable bonds is 4. The molecule has 3 nitrogen and oxygen atoms in total. The molecule has 1 aromatic carbocycles. The van der Waals surface area contributed by atoms with Crippen molar-refractivity contribution in [3.05, 3.63) is 34.4 Å². The van der Waals surface area contributed by atoms with Crippen LogP contribution in [0.1, 0.15) is 0 Å². The minimum Gasteiger partial charge on any atom is -0.258 e. The summed E-state index contributed by atoms with van der Waals surface area (Å²) >= 11 is 7.70. The number of nitro benzene ring substituents is 1. The van der Waals surface area contributed by atoms with Crippen molar-refractivity contribution in [2.75, 3.05) is 5.75 Å². The van der Waals surface area contributed by atoms with E-state index in [2.05, 4.69) is 31.1 Å². The topological polar surface area (TPSA) is 43.1 Å². The summed E-state index contributed by atoms with van der Waals surface area (Å²) in [4.78, 5) is 11.1. The van der Waals surface area contributed by atoms with Crippen LogP contribution in [0, 0.1) is 21.6 Å². The standard InChI is InChI=1S/C13H16ClNO2SSi/c1-19(2,3)9-8-11(14)10-18-13-6-4-12(5-7-13)15(16)17/h4-7,11H,10H2,1-3H3. The van der Waals surface area contributed by atoms with Crippen LogP contribution in [0.15, 0.2) is 29.2 Å². The lowest BCUT2D eigenvalue weighted by Crippen LogP contribution is -2.17. The van der Waals surface area contributed by atoms with Crippen LogP contribution < -0.4 is 0 Å². The van der Waals surface area contributed by atoms with Crippen molar-refractivity contribution in [3.63, 3.8) is 0 Å². The molecule has 0 amide bonds. The Morgan fingerprint density at radius 1 is 1.37 bits per heavy atom. The quantitative estimate of drug-likeness (QED) is 0.209. The van der Waals surface area contributed by atoms with Crippen molar-refractivity contribution in [2.24, 2.45) is 0 Å². The fourth-order valence-corrected chi connectivity index (χ4v) is 2.86. The molecule has 0 radical (unpaired) electrons. The normalized spacial score (nSPS) is 12.4. The van der Waals surface area contributed by atoms with Gasteiger partial charge in [0.2, 0.25) is 0 Å². The first-order valence-electron chi connectivity index (χ1n) is 5.82. The zero-order valence-corrected chi connectivity index (χ0v) is 13.7. The molecule has 6 heteroatoms. The Balaban J connectivity index is 2.52. The summed E-state index contributed by atoms with van der Waals surface area (Å²) in [6, 6.07) is 6.47. The second-order valence-corrected chi connectivity index (χ2v) is 11.4. The fourth-order valence-electron chi connectivity index (χ4n) is 1.17. The van der Waals surface area contributed by atoms with E-state index in [4.69, 9.17) is 11.6 Å². The first kappa shape index (κ1) is 16.1. The molecule has 0 saturated heterocycles.